The van der Waals surface area contributed by atoms with Gasteiger partial charge >= 0.3 is 0 Å². The summed E-state index contributed by atoms with van der Waals surface area (Å²) in [5, 5.41) is 2.18. The van der Waals surface area contributed by atoms with Gasteiger partial charge < -0.3 is 9.80 Å². The van der Waals surface area contributed by atoms with Gasteiger partial charge in [-0.05, 0) is 71.0 Å². The maximum atomic E-state index is 13.6. The van der Waals surface area contributed by atoms with E-state index in [0.717, 1.165) is 24.9 Å². The summed E-state index contributed by atoms with van der Waals surface area (Å²) >= 11 is 1.82. The van der Waals surface area contributed by atoms with E-state index < -0.39 is 0 Å². The van der Waals surface area contributed by atoms with Gasteiger partial charge in [-0.2, -0.15) is 0 Å². The summed E-state index contributed by atoms with van der Waals surface area (Å²) in [6.45, 7) is 12.5. The maximum absolute atomic E-state index is 13.6. The van der Waals surface area contributed by atoms with Crippen molar-refractivity contribution in [3.63, 3.8) is 0 Å². The first kappa shape index (κ1) is 26.6. The van der Waals surface area contributed by atoms with Crippen LogP contribution < -0.4 is 0 Å². The largest absolute Gasteiger partial charge is 0.340 e. The molecular formula is C32H39N3O2S. The Hall–Kier alpha value is -2.96. The summed E-state index contributed by atoms with van der Waals surface area (Å²) in [4.78, 5) is 34.5. The third-order valence-electron chi connectivity index (χ3n) is 8.02. The summed E-state index contributed by atoms with van der Waals surface area (Å²) in [7, 11) is 0. The normalized spacial score (nSPS) is 18.7. The van der Waals surface area contributed by atoms with Crippen molar-refractivity contribution in [3.8, 4) is 0 Å². The summed E-state index contributed by atoms with van der Waals surface area (Å²) in [6, 6.07) is 18.9. The fourth-order valence-electron chi connectivity index (χ4n) is 5.74. The van der Waals surface area contributed by atoms with Crippen molar-refractivity contribution in [1.29, 1.82) is 0 Å². The second kappa shape index (κ2) is 11.0. The second-order valence-corrected chi connectivity index (χ2v) is 12.6. The van der Waals surface area contributed by atoms with E-state index in [2.05, 4.69) is 80.4 Å². The highest BCUT2D eigenvalue weighted by molar-refractivity contribution is 7.10. The molecule has 0 N–H and O–H groups in total. The van der Waals surface area contributed by atoms with Crippen LogP contribution in [-0.4, -0.2) is 65.8 Å². The van der Waals surface area contributed by atoms with Crippen molar-refractivity contribution in [1.82, 2.24) is 14.7 Å². The van der Waals surface area contributed by atoms with Gasteiger partial charge in [0.05, 0.1) is 12.6 Å². The highest BCUT2D eigenvalue weighted by Crippen LogP contribution is 2.38. The van der Waals surface area contributed by atoms with Crippen LogP contribution in [0.5, 0.6) is 0 Å². The molecule has 5 nitrogen and oxygen atoms in total. The van der Waals surface area contributed by atoms with Crippen LogP contribution in [0.2, 0.25) is 0 Å². The van der Waals surface area contributed by atoms with E-state index in [4.69, 9.17) is 0 Å². The second-order valence-electron chi connectivity index (χ2n) is 11.6. The standard InChI is InChI=1S/C32H39N3O2S/c1-23-8-5-6-9-26(23)30-27-15-21-38-28(27)14-18-35(30)22-29(36)33-16-7-17-34(20-19-33)31(37)24-10-12-25(13-11-24)32(2,3)4/h5-6,8-13,15,21,30H,7,14,16-20,22H2,1-4H3/t30-/m1/s1. The molecule has 5 rings (SSSR count). The molecule has 1 atom stereocenters. The minimum absolute atomic E-state index is 0.0559. The first-order chi connectivity index (χ1) is 18.2. The Morgan fingerprint density at radius 3 is 2.32 bits per heavy atom. The van der Waals surface area contributed by atoms with Crippen LogP contribution in [0.25, 0.3) is 0 Å². The minimum atomic E-state index is 0.0559. The third kappa shape index (κ3) is 5.57. The summed E-state index contributed by atoms with van der Waals surface area (Å²) < 4.78 is 0. The Bertz CT molecular complexity index is 1290. The van der Waals surface area contributed by atoms with Crippen LogP contribution in [-0.2, 0) is 16.6 Å². The average molecular weight is 530 g/mol. The van der Waals surface area contributed by atoms with Gasteiger partial charge in [-0.25, -0.2) is 0 Å². The molecule has 0 radical (unpaired) electrons. The molecule has 2 aliphatic rings. The summed E-state index contributed by atoms with van der Waals surface area (Å²) in [6.07, 6.45) is 1.78. The number of thiophene rings is 1. The van der Waals surface area contributed by atoms with Crippen molar-refractivity contribution in [2.45, 2.75) is 52.0 Å². The van der Waals surface area contributed by atoms with Crippen LogP contribution in [0.3, 0.4) is 0 Å². The van der Waals surface area contributed by atoms with Crippen LogP contribution in [0.4, 0.5) is 0 Å². The van der Waals surface area contributed by atoms with Crippen molar-refractivity contribution in [2.75, 3.05) is 39.3 Å². The Balaban J connectivity index is 1.25. The number of rotatable bonds is 4. The molecule has 0 bridgehead atoms. The molecule has 3 heterocycles. The number of carbonyl (C=O) groups excluding carboxylic acids is 2. The molecule has 6 heteroatoms. The fraction of sp³-hybridized carbons (Fsp3) is 0.438. The number of benzene rings is 2. The van der Waals surface area contributed by atoms with Crippen LogP contribution in [0.15, 0.2) is 60.0 Å². The van der Waals surface area contributed by atoms with Gasteiger partial charge in [0.2, 0.25) is 5.91 Å². The smallest absolute Gasteiger partial charge is 0.253 e. The van der Waals surface area contributed by atoms with Gasteiger partial charge in [-0.15, -0.1) is 11.3 Å². The number of hydrogen-bond donors (Lipinski definition) is 0. The first-order valence-corrected chi connectivity index (χ1v) is 14.6. The maximum Gasteiger partial charge on any atom is 0.253 e. The monoisotopic (exact) mass is 529 g/mol. The Morgan fingerprint density at radius 1 is 0.868 bits per heavy atom. The van der Waals surface area contributed by atoms with E-state index in [1.165, 1.54) is 27.1 Å². The zero-order valence-electron chi connectivity index (χ0n) is 23.1. The first-order valence-electron chi connectivity index (χ1n) is 13.8. The van der Waals surface area contributed by atoms with E-state index in [-0.39, 0.29) is 23.3 Å². The molecule has 0 saturated carbocycles. The molecule has 1 fully saturated rings. The van der Waals surface area contributed by atoms with Gasteiger partial charge in [-0.1, -0.05) is 57.2 Å². The van der Waals surface area contributed by atoms with E-state index in [0.29, 0.717) is 32.7 Å². The molecule has 38 heavy (non-hydrogen) atoms. The van der Waals surface area contributed by atoms with Crippen LogP contribution >= 0.6 is 11.3 Å². The van der Waals surface area contributed by atoms with Gasteiger partial charge in [0.1, 0.15) is 0 Å². The molecule has 2 aromatic carbocycles. The van der Waals surface area contributed by atoms with E-state index in [1.54, 1.807) is 0 Å². The number of aryl methyl sites for hydroxylation is 1. The van der Waals surface area contributed by atoms with Crippen LogP contribution in [0.1, 0.15) is 70.7 Å². The number of amides is 2. The SMILES string of the molecule is Cc1ccccc1[C@@H]1c2ccsc2CCN1CC(=O)N1CCCN(C(=O)c2ccc(C(C)(C)C)cc2)CC1. The lowest BCUT2D eigenvalue weighted by Gasteiger charge is -2.37. The van der Waals surface area contributed by atoms with E-state index in [9.17, 15) is 9.59 Å². The summed E-state index contributed by atoms with van der Waals surface area (Å²) in [5.41, 5.74) is 5.88. The quantitative estimate of drug-likeness (QED) is 0.437. The molecular weight excluding hydrogens is 490 g/mol. The lowest BCUT2D eigenvalue weighted by molar-refractivity contribution is -0.132. The topological polar surface area (TPSA) is 43.9 Å². The predicted octanol–water partition coefficient (Wildman–Crippen LogP) is 5.68. The Labute approximate surface area is 231 Å². The molecule has 1 aromatic heterocycles. The Kier molecular flexibility index (Phi) is 7.73. The van der Waals surface area contributed by atoms with Gasteiger partial charge in [-0.3, -0.25) is 14.5 Å². The number of hydrogen-bond acceptors (Lipinski definition) is 4. The van der Waals surface area contributed by atoms with Gasteiger partial charge in [0, 0.05) is 43.2 Å². The lowest BCUT2D eigenvalue weighted by Crippen LogP contribution is -2.45. The predicted molar refractivity (Wildman–Crippen MR) is 155 cm³/mol. The third-order valence-corrected chi connectivity index (χ3v) is 9.02. The zero-order chi connectivity index (χ0) is 26.9. The van der Waals surface area contributed by atoms with Gasteiger partial charge in [0.25, 0.3) is 5.91 Å². The average Bonchev–Trinajstić information content (AvgIpc) is 3.24. The molecule has 3 aromatic rings. The highest BCUT2D eigenvalue weighted by atomic mass is 32.1. The fourth-order valence-corrected chi connectivity index (χ4v) is 6.64. The molecule has 0 spiro atoms. The molecule has 200 valence electrons. The number of carbonyl (C=O) groups is 2. The van der Waals surface area contributed by atoms with Crippen molar-refractivity contribution in [2.24, 2.45) is 0 Å². The zero-order valence-corrected chi connectivity index (χ0v) is 23.9. The van der Waals surface area contributed by atoms with Crippen molar-refractivity contribution >= 4 is 23.2 Å². The number of fused-ring (bicyclic) bond motifs is 1. The lowest BCUT2D eigenvalue weighted by atomic mass is 9.86. The molecule has 0 aliphatic carbocycles. The molecule has 2 aliphatic heterocycles. The molecule has 0 unspecified atom stereocenters. The van der Waals surface area contributed by atoms with Gasteiger partial charge in [0.15, 0.2) is 0 Å². The van der Waals surface area contributed by atoms with Crippen molar-refractivity contribution in [3.05, 3.63) is 92.7 Å². The summed E-state index contributed by atoms with van der Waals surface area (Å²) in [5.74, 6) is 0.214. The van der Waals surface area contributed by atoms with Crippen molar-refractivity contribution < 1.29 is 9.59 Å². The Morgan fingerprint density at radius 2 is 1.58 bits per heavy atom. The minimum Gasteiger partial charge on any atom is -0.340 e. The van der Waals surface area contributed by atoms with E-state index in [1.807, 2.05) is 33.3 Å². The highest BCUT2D eigenvalue weighted by Gasteiger charge is 2.33. The molecule has 1 saturated heterocycles. The number of nitrogens with zero attached hydrogens (tertiary/aromatic N) is 3. The van der Waals surface area contributed by atoms with E-state index >= 15 is 0 Å². The molecule has 2 amide bonds. The van der Waals surface area contributed by atoms with Crippen LogP contribution in [0, 0.1) is 6.92 Å².